The van der Waals surface area contributed by atoms with Crippen molar-refractivity contribution in [1.82, 2.24) is 14.8 Å². The Balaban J connectivity index is 1.47. The second kappa shape index (κ2) is 11.3. The zero-order valence-corrected chi connectivity index (χ0v) is 21.8. The van der Waals surface area contributed by atoms with Gasteiger partial charge in [-0.2, -0.15) is 0 Å². The molecule has 2 N–H and O–H groups in total. The minimum Gasteiger partial charge on any atom is -0.495 e. The number of nitrogens with zero attached hydrogens (tertiary/aromatic N) is 3. The summed E-state index contributed by atoms with van der Waals surface area (Å²) < 4.78 is 7.41. The number of anilines is 2. The van der Waals surface area contributed by atoms with Crippen LogP contribution in [0.15, 0.2) is 84.0 Å². The van der Waals surface area contributed by atoms with Crippen molar-refractivity contribution >= 4 is 29.0 Å². The number of hydrogen-bond acceptors (Lipinski definition) is 6. The van der Waals surface area contributed by atoms with E-state index in [9.17, 15) is 4.79 Å². The van der Waals surface area contributed by atoms with Crippen molar-refractivity contribution in [3.63, 3.8) is 0 Å². The molecule has 0 atom stereocenters. The molecule has 0 radical (unpaired) electrons. The van der Waals surface area contributed by atoms with Gasteiger partial charge >= 0.3 is 0 Å². The average Bonchev–Trinajstić information content (AvgIpc) is 3.29. The standard InChI is InChI=1S/C28H31N5O2S/c1-28(2,3)20-14-16-21(17-15-20)30-26(34)19-36-27-32-31-25(33(27)22-10-6-5-7-11-22)18-29-23-12-8-9-13-24(23)35-4/h5-17,29H,18-19H2,1-4H3,(H,30,34). The molecule has 1 aromatic heterocycles. The third-order valence-corrected chi connectivity index (χ3v) is 6.55. The first-order chi connectivity index (χ1) is 17.3. The van der Waals surface area contributed by atoms with Gasteiger partial charge < -0.3 is 15.4 Å². The van der Waals surface area contributed by atoms with E-state index < -0.39 is 0 Å². The topological polar surface area (TPSA) is 81.1 Å². The van der Waals surface area contributed by atoms with Crippen molar-refractivity contribution < 1.29 is 9.53 Å². The Morgan fingerprint density at radius 3 is 2.33 bits per heavy atom. The van der Waals surface area contributed by atoms with Crippen LogP contribution in [0.5, 0.6) is 5.75 Å². The van der Waals surface area contributed by atoms with Crippen LogP contribution in [0.4, 0.5) is 11.4 Å². The molecule has 3 aromatic carbocycles. The van der Waals surface area contributed by atoms with Crippen molar-refractivity contribution in [3.05, 3.63) is 90.3 Å². The minimum absolute atomic E-state index is 0.0676. The molecule has 4 aromatic rings. The van der Waals surface area contributed by atoms with Crippen molar-refractivity contribution in [2.75, 3.05) is 23.5 Å². The second-order valence-electron chi connectivity index (χ2n) is 9.29. The quantitative estimate of drug-likeness (QED) is 0.277. The van der Waals surface area contributed by atoms with Crippen LogP contribution in [0.2, 0.25) is 0 Å². The maximum Gasteiger partial charge on any atom is 0.234 e. The van der Waals surface area contributed by atoms with Crippen LogP contribution in [-0.4, -0.2) is 33.5 Å². The van der Waals surface area contributed by atoms with E-state index in [2.05, 4.69) is 53.7 Å². The molecule has 0 saturated carbocycles. The molecule has 0 aliphatic carbocycles. The molecular weight excluding hydrogens is 470 g/mol. The number of rotatable bonds is 9. The zero-order valence-electron chi connectivity index (χ0n) is 21.0. The summed E-state index contributed by atoms with van der Waals surface area (Å²) in [6, 6.07) is 25.6. The molecule has 7 nitrogen and oxygen atoms in total. The lowest BCUT2D eigenvalue weighted by Gasteiger charge is -2.19. The van der Waals surface area contributed by atoms with Gasteiger partial charge in [-0.15, -0.1) is 10.2 Å². The second-order valence-corrected chi connectivity index (χ2v) is 10.2. The van der Waals surface area contributed by atoms with E-state index in [1.54, 1.807) is 7.11 Å². The number of benzene rings is 3. The molecule has 0 fully saturated rings. The lowest BCUT2D eigenvalue weighted by molar-refractivity contribution is -0.113. The zero-order chi connectivity index (χ0) is 25.5. The van der Waals surface area contributed by atoms with Gasteiger partial charge in [0.25, 0.3) is 0 Å². The largest absolute Gasteiger partial charge is 0.495 e. The number of hydrogen-bond donors (Lipinski definition) is 2. The Labute approximate surface area is 216 Å². The summed E-state index contributed by atoms with van der Waals surface area (Å²) in [7, 11) is 1.64. The summed E-state index contributed by atoms with van der Waals surface area (Å²) in [5.74, 6) is 1.60. The molecule has 186 valence electrons. The molecule has 0 spiro atoms. The van der Waals surface area contributed by atoms with E-state index in [0.717, 1.165) is 28.6 Å². The minimum atomic E-state index is -0.0974. The number of carbonyl (C=O) groups is 1. The Morgan fingerprint density at radius 2 is 1.64 bits per heavy atom. The van der Waals surface area contributed by atoms with Crippen LogP contribution >= 0.6 is 11.8 Å². The average molecular weight is 502 g/mol. The number of carbonyl (C=O) groups excluding carboxylic acids is 1. The third kappa shape index (κ3) is 6.26. The number of ether oxygens (including phenoxy) is 1. The highest BCUT2D eigenvalue weighted by Gasteiger charge is 2.17. The van der Waals surface area contributed by atoms with Crippen molar-refractivity contribution in [2.45, 2.75) is 37.9 Å². The van der Waals surface area contributed by atoms with E-state index in [-0.39, 0.29) is 17.1 Å². The van der Waals surface area contributed by atoms with E-state index in [0.29, 0.717) is 11.7 Å². The van der Waals surface area contributed by atoms with E-state index in [1.807, 2.05) is 71.3 Å². The molecule has 0 bridgehead atoms. The molecule has 0 aliphatic heterocycles. The number of thioether (sulfide) groups is 1. The monoisotopic (exact) mass is 501 g/mol. The lowest BCUT2D eigenvalue weighted by Crippen LogP contribution is -2.15. The Kier molecular flexibility index (Phi) is 7.95. The summed E-state index contributed by atoms with van der Waals surface area (Å²) in [5, 5.41) is 15.8. The maximum atomic E-state index is 12.7. The summed E-state index contributed by atoms with van der Waals surface area (Å²) in [6.07, 6.45) is 0. The van der Waals surface area contributed by atoms with Gasteiger partial charge in [-0.05, 0) is 47.4 Å². The van der Waals surface area contributed by atoms with Gasteiger partial charge in [0.15, 0.2) is 11.0 Å². The van der Waals surface area contributed by atoms with Crippen molar-refractivity contribution in [2.24, 2.45) is 0 Å². The van der Waals surface area contributed by atoms with E-state index in [4.69, 9.17) is 4.74 Å². The van der Waals surface area contributed by atoms with Gasteiger partial charge in [-0.1, -0.05) is 75.0 Å². The number of para-hydroxylation sites is 3. The third-order valence-electron chi connectivity index (χ3n) is 5.63. The van der Waals surface area contributed by atoms with Crippen molar-refractivity contribution in [1.29, 1.82) is 0 Å². The Bertz CT molecular complexity index is 1300. The molecule has 4 rings (SSSR count). The highest BCUT2D eigenvalue weighted by Crippen LogP contribution is 2.27. The predicted molar refractivity (Wildman–Crippen MR) is 146 cm³/mol. The van der Waals surface area contributed by atoms with Gasteiger partial charge in [0, 0.05) is 11.4 Å². The van der Waals surface area contributed by atoms with Crippen LogP contribution in [-0.2, 0) is 16.8 Å². The molecule has 36 heavy (non-hydrogen) atoms. The molecule has 0 aliphatic rings. The first kappa shape index (κ1) is 25.3. The van der Waals surface area contributed by atoms with E-state index >= 15 is 0 Å². The number of methoxy groups -OCH3 is 1. The van der Waals surface area contributed by atoms with Crippen molar-refractivity contribution in [3.8, 4) is 11.4 Å². The summed E-state index contributed by atoms with van der Waals surface area (Å²) >= 11 is 1.35. The van der Waals surface area contributed by atoms with Gasteiger partial charge in [0.05, 0.1) is 25.1 Å². The maximum absolute atomic E-state index is 12.7. The van der Waals surface area contributed by atoms with Crippen LogP contribution in [0, 0.1) is 0 Å². The molecular formula is C28H31N5O2S. The molecule has 1 amide bonds. The number of aromatic nitrogens is 3. The smallest absolute Gasteiger partial charge is 0.234 e. The first-order valence-corrected chi connectivity index (χ1v) is 12.7. The predicted octanol–water partition coefficient (Wildman–Crippen LogP) is 5.92. The lowest BCUT2D eigenvalue weighted by atomic mass is 9.87. The van der Waals surface area contributed by atoms with Gasteiger partial charge in [0.1, 0.15) is 5.75 Å². The number of amides is 1. The molecule has 8 heteroatoms. The van der Waals surface area contributed by atoms with Crippen LogP contribution in [0.3, 0.4) is 0 Å². The molecule has 1 heterocycles. The van der Waals surface area contributed by atoms with Crippen LogP contribution in [0.25, 0.3) is 5.69 Å². The van der Waals surface area contributed by atoms with Crippen LogP contribution in [0.1, 0.15) is 32.2 Å². The Morgan fingerprint density at radius 1 is 0.944 bits per heavy atom. The van der Waals surface area contributed by atoms with Crippen LogP contribution < -0.4 is 15.4 Å². The molecule has 0 saturated heterocycles. The summed E-state index contributed by atoms with van der Waals surface area (Å²) in [4.78, 5) is 12.7. The fourth-order valence-electron chi connectivity index (χ4n) is 3.69. The van der Waals surface area contributed by atoms with Gasteiger partial charge in [0.2, 0.25) is 5.91 Å². The van der Waals surface area contributed by atoms with Gasteiger partial charge in [-0.25, -0.2) is 0 Å². The fraction of sp³-hybridized carbons (Fsp3) is 0.250. The highest BCUT2D eigenvalue weighted by molar-refractivity contribution is 7.99. The normalized spacial score (nSPS) is 11.2. The summed E-state index contributed by atoms with van der Waals surface area (Å²) in [5.41, 5.74) is 3.87. The molecule has 0 unspecified atom stereocenters. The SMILES string of the molecule is COc1ccccc1NCc1nnc(SCC(=O)Nc2ccc(C(C)(C)C)cc2)n1-c1ccccc1. The van der Waals surface area contributed by atoms with Gasteiger partial charge in [-0.3, -0.25) is 9.36 Å². The first-order valence-electron chi connectivity index (χ1n) is 11.7. The highest BCUT2D eigenvalue weighted by atomic mass is 32.2. The summed E-state index contributed by atoms with van der Waals surface area (Å²) in [6.45, 7) is 6.94. The Hall–Kier alpha value is -3.78. The fourth-order valence-corrected chi connectivity index (χ4v) is 4.46. The number of nitrogens with one attached hydrogen (secondary N) is 2. The van der Waals surface area contributed by atoms with E-state index in [1.165, 1.54) is 17.3 Å².